The second-order valence-corrected chi connectivity index (χ2v) is 8.54. The normalized spacial score (nSPS) is 17.7. The molecule has 28 heavy (non-hydrogen) atoms. The molecule has 1 amide bonds. The summed E-state index contributed by atoms with van der Waals surface area (Å²) in [6, 6.07) is 7.80. The number of piperazine rings is 1. The first kappa shape index (κ1) is 19.5. The minimum atomic E-state index is 0.164. The first-order valence-electron chi connectivity index (χ1n) is 9.52. The van der Waals surface area contributed by atoms with E-state index in [-0.39, 0.29) is 5.91 Å². The van der Waals surface area contributed by atoms with Crippen LogP contribution < -0.4 is 4.74 Å². The number of amides is 1. The number of hydrogen-bond donors (Lipinski definition) is 0. The molecule has 4 rings (SSSR count). The fraction of sp³-hybridized carbons (Fsp3) is 0.526. The van der Waals surface area contributed by atoms with Gasteiger partial charge in [-0.05, 0) is 32.0 Å². The lowest BCUT2D eigenvalue weighted by molar-refractivity contribution is -0.129. The van der Waals surface area contributed by atoms with Crippen molar-refractivity contribution < 1.29 is 9.53 Å². The van der Waals surface area contributed by atoms with Gasteiger partial charge >= 0.3 is 0 Å². The van der Waals surface area contributed by atoms with Crippen molar-refractivity contribution in [2.45, 2.75) is 30.6 Å². The highest BCUT2D eigenvalue weighted by atomic mass is 35.5. The molecule has 7 nitrogen and oxygen atoms in total. The molecule has 1 saturated heterocycles. The number of benzene rings is 1. The first-order valence-corrected chi connectivity index (χ1v) is 10.9. The van der Waals surface area contributed by atoms with Crippen molar-refractivity contribution in [1.29, 1.82) is 0 Å². The van der Waals surface area contributed by atoms with Gasteiger partial charge in [0.1, 0.15) is 12.4 Å². The summed E-state index contributed by atoms with van der Waals surface area (Å²) >= 11 is 7.63. The predicted molar refractivity (Wildman–Crippen MR) is 109 cm³/mol. The Bertz CT molecular complexity index is 833. The topological polar surface area (TPSA) is 63.5 Å². The third-order valence-corrected chi connectivity index (χ3v) is 6.26. The summed E-state index contributed by atoms with van der Waals surface area (Å²) in [5, 5.41) is 10.0. The smallest absolute Gasteiger partial charge is 0.233 e. The molecule has 0 atom stereocenters. The average molecular weight is 422 g/mol. The molecule has 150 valence electrons. The number of aromatic nitrogens is 3. The lowest BCUT2D eigenvalue weighted by Gasteiger charge is -2.32. The van der Waals surface area contributed by atoms with Crippen LogP contribution in [-0.2, 0) is 11.4 Å². The van der Waals surface area contributed by atoms with Crippen molar-refractivity contribution in [3.63, 3.8) is 0 Å². The van der Waals surface area contributed by atoms with E-state index in [4.69, 9.17) is 16.3 Å². The van der Waals surface area contributed by atoms with Gasteiger partial charge < -0.3 is 14.5 Å². The van der Waals surface area contributed by atoms with Gasteiger partial charge in [0.15, 0.2) is 11.0 Å². The minimum Gasteiger partial charge on any atom is -0.484 e. The van der Waals surface area contributed by atoms with E-state index in [9.17, 15) is 4.79 Å². The fourth-order valence-electron chi connectivity index (χ4n) is 3.18. The fourth-order valence-corrected chi connectivity index (χ4v) is 4.30. The van der Waals surface area contributed by atoms with Crippen LogP contribution in [0.15, 0.2) is 29.4 Å². The lowest BCUT2D eigenvalue weighted by Crippen LogP contribution is -2.47. The molecule has 0 bridgehead atoms. The van der Waals surface area contributed by atoms with Gasteiger partial charge in [-0.25, -0.2) is 0 Å². The molecule has 0 spiro atoms. The average Bonchev–Trinajstić information content (AvgIpc) is 3.46. The second-order valence-electron chi connectivity index (χ2n) is 7.19. The third-order valence-electron chi connectivity index (χ3n) is 5.02. The van der Waals surface area contributed by atoms with E-state index >= 15 is 0 Å². The first-order chi connectivity index (χ1) is 13.6. The van der Waals surface area contributed by atoms with Crippen LogP contribution in [0.3, 0.4) is 0 Å². The Balaban J connectivity index is 1.38. The molecule has 2 heterocycles. The second kappa shape index (κ2) is 8.71. The number of halogens is 1. The van der Waals surface area contributed by atoms with Gasteiger partial charge in [-0.3, -0.25) is 9.36 Å². The number of nitrogens with zero attached hydrogens (tertiary/aromatic N) is 5. The van der Waals surface area contributed by atoms with Crippen LogP contribution >= 0.6 is 23.4 Å². The number of hydrogen-bond acceptors (Lipinski definition) is 6. The van der Waals surface area contributed by atoms with Crippen molar-refractivity contribution >= 4 is 29.3 Å². The largest absolute Gasteiger partial charge is 0.484 e. The lowest BCUT2D eigenvalue weighted by atomic mass is 10.3. The molecule has 1 aliphatic heterocycles. The summed E-state index contributed by atoms with van der Waals surface area (Å²) in [5.41, 5.74) is 0. The molecule has 1 aliphatic carbocycles. The molecule has 2 aliphatic rings. The number of ether oxygens (including phenoxy) is 1. The maximum Gasteiger partial charge on any atom is 0.233 e. The quantitative estimate of drug-likeness (QED) is 0.640. The molecule has 1 aromatic heterocycles. The van der Waals surface area contributed by atoms with E-state index in [0.29, 0.717) is 29.2 Å². The molecule has 0 radical (unpaired) electrons. The van der Waals surface area contributed by atoms with Gasteiger partial charge in [0.25, 0.3) is 0 Å². The Morgan fingerprint density at radius 1 is 1.21 bits per heavy atom. The van der Waals surface area contributed by atoms with Gasteiger partial charge in [-0.15, -0.1) is 10.2 Å². The Morgan fingerprint density at radius 2 is 1.96 bits per heavy atom. The minimum absolute atomic E-state index is 0.164. The zero-order chi connectivity index (χ0) is 19.5. The summed E-state index contributed by atoms with van der Waals surface area (Å²) in [6.07, 6.45) is 2.22. The van der Waals surface area contributed by atoms with Crippen molar-refractivity contribution in [1.82, 2.24) is 24.6 Å². The molecule has 0 N–H and O–H groups in total. The molecular weight excluding hydrogens is 398 g/mol. The van der Waals surface area contributed by atoms with E-state index in [1.54, 1.807) is 6.07 Å². The van der Waals surface area contributed by atoms with Gasteiger partial charge in [-0.2, -0.15) is 0 Å². The summed E-state index contributed by atoms with van der Waals surface area (Å²) in [6.45, 7) is 3.75. The summed E-state index contributed by atoms with van der Waals surface area (Å²) in [4.78, 5) is 16.7. The van der Waals surface area contributed by atoms with E-state index in [1.807, 2.05) is 23.1 Å². The molecule has 0 unspecified atom stereocenters. The number of likely N-dealkylation sites (N-methyl/N-ethyl adjacent to an activating group) is 1. The molecule has 9 heteroatoms. The highest BCUT2D eigenvalue weighted by Gasteiger charge is 2.30. The van der Waals surface area contributed by atoms with E-state index in [1.165, 1.54) is 11.8 Å². The molecule has 2 aromatic rings. The maximum absolute atomic E-state index is 12.5. The van der Waals surface area contributed by atoms with E-state index < -0.39 is 0 Å². The Hall–Kier alpha value is -1.77. The van der Waals surface area contributed by atoms with Gasteiger partial charge in [0.2, 0.25) is 5.91 Å². The standard InChI is InChI=1S/C19H24ClN5O2S/c1-23-8-10-24(11-9-23)18(26)13-28-19-22-21-17(25(19)14-6-7-14)12-27-16-5-3-2-4-15(16)20/h2-5,14H,6-13H2,1H3. The van der Waals surface area contributed by atoms with Crippen LogP contribution in [0, 0.1) is 0 Å². The Labute approximate surface area is 174 Å². The van der Waals surface area contributed by atoms with Crippen LogP contribution in [0.5, 0.6) is 5.75 Å². The van der Waals surface area contributed by atoms with Crippen LogP contribution in [0.25, 0.3) is 0 Å². The van der Waals surface area contributed by atoms with E-state index in [0.717, 1.165) is 50.0 Å². The SMILES string of the molecule is CN1CCN(C(=O)CSc2nnc(COc3ccccc3Cl)n2C2CC2)CC1. The van der Waals surface area contributed by atoms with Crippen molar-refractivity contribution in [2.24, 2.45) is 0 Å². The summed E-state index contributed by atoms with van der Waals surface area (Å²) < 4.78 is 7.97. The van der Waals surface area contributed by atoms with Crippen LogP contribution in [0.2, 0.25) is 5.02 Å². The van der Waals surface area contributed by atoms with Crippen molar-refractivity contribution in [3.05, 3.63) is 35.1 Å². The highest BCUT2D eigenvalue weighted by molar-refractivity contribution is 7.99. The van der Waals surface area contributed by atoms with Crippen LogP contribution in [-0.4, -0.2) is 69.5 Å². The number of thioether (sulfide) groups is 1. The Kier molecular flexibility index (Phi) is 6.08. The number of carbonyl (C=O) groups excluding carboxylic acids is 1. The summed E-state index contributed by atoms with van der Waals surface area (Å²) in [7, 11) is 2.08. The Morgan fingerprint density at radius 3 is 2.68 bits per heavy atom. The van der Waals surface area contributed by atoms with Gasteiger partial charge in [-0.1, -0.05) is 35.5 Å². The zero-order valence-electron chi connectivity index (χ0n) is 15.9. The van der Waals surface area contributed by atoms with Gasteiger partial charge in [0, 0.05) is 32.2 Å². The maximum atomic E-state index is 12.5. The summed E-state index contributed by atoms with van der Waals surface area (Å²) in [5.74, 6) is 1.96. The monoisotopic (exact) mass is 421 g/mol. The molecule has 2 fully saturated rings. The molecule has 1 saturated carbocycles. The van der Waals surface area contributed by atoms with E-state index in [2.05, 4.69) is 26.7 Å². The number of carbonyl (C=O) groups is 1. The molecular formula is C19H24ClN5O2S. The zero-order valence-corrected chi connectivity index (χ0v) is 17.5. The van der Waals surface area contributed by atoms with Gasteiger partial charge in [0.05, 0.1) is 10.8 Å². The van der Waals surface area contributed by atoms with Crippen molar-refractivity contribution in [2.75, 3.05) is 39.0 Å². The van der Waals surface area contributed by atoms with Crippen LogP contribution in [0.4, 0.5) is 0 Å². The third kappa shape index (κ3) is 4.61. The number of rotatable bonds is 7. The molecule has 1 aromatic carbocycles. The highest BCUT2D eigenvalue weighted by Crippen LogP contribution is 2.39. The predicted octanol–water partition coefficient (Wildman–Crippen LogP) is 2.71. The number of para-hydroxylation sites is 1. The van der Waals surface area contributed by atoms with Crippen LogP contribution in [0.1, 0.15) is 24.7 Å². The van der Waals surface area contributed by atoms with Crippen molar-refractivity contribution in [3.8, 4) is 5.75 Å².